The summed E-state index contributed by atoms with van der Waals surface area (Å²) in [4.78, 5) is 29.6. The number of nitrogens with zero attached hydrogens (tertiary/aromatic N) is 2. The molecule has 3 aromatic rings. The molecule has 0 spiro atoms. The second-order valence-electron chi connectivity index (χ2n) is 9.73. The summed E-state index contributed by atoms with van der Waals surface area (Å²) in [6, 6.07) is 19.2. The van der Waals surface area contributed by atoms with E-state index >= 15 is 0 Å². The highest BCUT2D eigenvalue weighted by Gasteiger charge is 2.34. The molecule has 0 aliphatic heterocycles. The number of thioether (sulfide) groups is 1. The van der Waals surface area contributed by atoms with Crippen LogP contribution in [0.5, 0.6) is 5.75 Å². The van der Waals surface area contributed by atoms with Crippen LogP contribution in [0.25, 0.3) is 0 Å². The first kappa shape index (κ1) is 33.3. The summed E-state index contributed by atoms with van der Waals surface area (Å²) in [6.07, 6.45) is 2.62. The summed E-state index contributed by atoms with van der Waals surface area (Å²) in [7, 11) is -4.22. The minimum atomic E-state index is -4.22. The lowest BCUT2D eigenvalue weighted by Gasteiger charge is -2.33. The predicted octanol–water partition coefficient (Wildman–Crippen LogP) is 5.99. The summed E-state index contributed by atoms with van der Waals surface area (Å²) in [6.45, 7) is 7.06. The van der Waals surface area contributed by atoms with E-state index in [1.54, 1.807) is 74.5 Å². The van der Waals surface area contributed by atoms with Crippen LogP contribution in [-0.4, -0.2) is 56.6 Å². The third kappa shape index (κ3) is 8.42. The number of amides is 2. The summed E-state index contributed by atoms with van der Waals surface area (Å²) in [5.41, 5.74) is 0.928. The van der Waals surface area contributed by atoms with Gasteiger partial charge in [0.2, 0.25) is 11.8 Å². The summed E-state index contributed by atoms with van der Waals surface area (Å²) in [5, 5.41) is 3.41. The van der Waals surface area contributed by atoms with Crippen LogP contribution < -0.4 is 14.4 Å². The van der Waals surface area contributed by atoms with E-state index in [-0.39, 0.29) is 29.1 Å². The summed E-state index contributed by atoms with van der Waals surface area (Å²) in [5.74, 6) is -0.574. The number of benzene rings is 3. The fourth-order valence-corrected chi connectivity index (χ4v) is 6.25. The van der Waals surface area contributed by atoms with Crippen molar-refractivity contribution in [3.05, 3.63) is 83.4 Å². The van der Waals surface area contributed by atoms with E-state index in [0.29, 0.717) is 22.9 Å². The van der Waals surface area contributed by atoms with E-state index in [1.165, 1.54) is 28.8 Å². The first-order valence-corrected chi connectivity index (χ1v) is 16.8. The number of ether oxygens (including phenoxy) is 1. The minimum Gasteiger partial charge on any atom is -0.492 e. The molecule has 11 heteroatoms. The van der Waals surface area contributed by atoms with Crippen molar-refractivity contribution in [2.75, 3.05) is 23.7 Å². The minimum absolute atomic E-state index is 0.0309. The second kappa shape index (κ2) is 15.3. The lowest BCUT2D eigenvalue weighted by atomic mass is 10.1. The van der Waals surface area contributed by atoms with E-state index in [1.807, 2.05) is 20.1 Å². The van der Waals surface area contributed by atoms with Crippen LogP contribution in [-0.2, 0) is 26.2 Å². The van der Waals surface area contributed by atoms with Crippen LogP contribution in [0.3, 0.4) is 0 Å². The van der Waals surface area contributed by atoms with Crippen molar-refractivity contribution < 1.29 is 22.7 Å². The Hall–Kier alpha value is -3.21. The van der Waals surface area contributed by atoms with Gasteiger partial charge in [0.15, 0.2) is 0 Å². The van der Waals surface area contributed by atoms with Gasteiger partial charge in [-0.1, -0.05) is 42.8 Å². The molecule has 0 heterocycles. The highest BCUT2D eigenvalue weighted by molar-refractivity contribution is 7.98. The molecular formula is C31H38ClN3O5S2. The van der Waals surface area contributed by atoms with E-state index < -0.39 is 28.5 Å². The molecule has 2 atom stereocenters. The quantitative estimate of drug-likeness (QED) is 0.220. The monoisotopic (exact) mass is 631 g/mol. The molecule has 3 rings (SSSR count). The maximum Gasteiger partial charge on any atom is 0.264 e. The Morgan fingerprint density at radius 2 is 1.69 bits per heavy atom. The van der Waals surface area contributed by atoms with Crippen LogP contribution in [0.1, 0.15) is 39.7 Å². The maximum absolute atomic E-state index is 14.1. The third-order valence-electron chi connectivity index (χ3n) is 6.77. The van der Waals surface area contributed by atoms with Gasteiger partial charge in [0.05, 0.1) is 17.2 Å². The standard InChI is InChI=1S/C31H38ClN3O5S2/c1-6-22(3)33-31(37)23(4)34(20-24-11-10-12-25(32)19-24)30(36)21-35(28-13-8-9-14-29(28)40-7-2)42(38,39)27-17-15-26(41-5)16-18-27/h8-19,22-23H,6-7,20-21H2,1-5H3,(H,33,37)/t22-,23-/m0/s1. The zero-order valence-corrected chi connectivity index (χ0v) is 26.9. The van der Waals surface area contributed by atoms with Gasteiger partial charge in [-0.2, -0.15) is 0 Å². The number of hydrogen-bond donors (Lipinski definition) is 1. The third-order valence-corrected chi connectivity index (χ3v) is 9.52. The first-order valence-electron chi connectivity index (χ1n) is 13.7. The van der Waals surface area contributed by atoms with Gasteiger partial charge in [-0.3, -0.25) is 13.9 Å². The number of sulfonamides is 1. The molecule has 3 aromatic carbocycles. The molecule has 226 valence electrons. The molecule has 0 fully saturated rings. The van der Waals surface area contributed by atoms with Crippen LogP contribution in [0, 0.1) is 0 Å². The zero-order chi connectivity index (χ0) is 30.9. The SMILES string of the molecule is CCOc1ccccc1N(CC(=O)N(Cc1cccc(Cl)c1)[C@@H](C)C(=O)N[C@@H](C)CC)S(=O)(=O)c1ccc(SC)cc1. The number of carbonyl (C=O) groups excluding carboxylic acids is 2. The van der Waals surface area contributed by atoms with Crippen molar-refractivity contribution in [1.29, 1.82) is 0 Å². The number of para-hydroxylation sites is 2. The summed E-state index contributed by atoms with van der Waals surface area (Å²) >= 11 is 7.71. The van der Waals surface area contributed by atoms with Crippen LogP contribution in [0.15, 0.2) is 82.6 Å². The molecule has 0 aromatic heterocycles. The molecule has 0 aliphatic rings. The highest BCUT2D eigenvalue weighted by Crippen LogP contribution is 2.33. The maximum atomic E-state index is 14.1. The van der Waals surface area contributed by atoms with Gasteiger partial charge in [0, 0.05) is 22.5 Å². The highest BCUT2D eigenvalue weighted by atomic mass is 35.5. The van der Waals surface area contributed by atoms with Gasteiger partial charge in [-0.15, -0.1) is 11.8 Å². The molecule has 0 aliphatic carbocycles. The lowest BCUT2D eigenvalue weighted by molar-refractivity contribution is -0.139. The molecule has 0 radical (unpaired) electrons. The number of halogens is 1. The van der Waals surface area contributed by atoms with Gasteiger partial charge in [-0.25, -0.2) is 8.42 Å². The van der Waals surface area contributed by atoms with E-state index in [2.05, 4.69) is 5.32 Å². The Labute approximate surface area is 258 Å². The van der Waals surface area contributed by atoms with Crippen molar-refractivity contribution in [2.45, 2.75) is 62.5 Å². The fraction of sp³-hybridized carbons (Fsp3) is 0.355. The molecule has 0 unspecified atom stereocenters. The molecule has 1 N–H and O–H groups in total. The number of rotatable bonds is 14. The first-order chi connectivity index (χ1) is 20.0. The number of hydrogen-bond acceptors (Lipinski definition) is 6. The molecule has 2 amide bonds. The Kier molecular flexibility index (Phi) is 12.1. The van der Waals surface area contributed by atoms with Crippen molar-refractivity contribution in [3.8, 4) is 5.75 Å². The van der Waals surface area contributed by atoms with Crippen molar-refractivity contribution in [2.24, 2.45) is 0 Å². The normalized spacial score (nSPS) is 12.7. The van der Waals surface area contributed by atoms with E-state index in [0.717, 1.165) is 15.6 Å². The van der Waals surface area contributed by atoms with Crippen LogP contribution in [0.4, 0.5) is 5.69 Å². The van der Waals surface area contributed by atoms with Gasteiger partial charge in [0.25, 0.3) is 10.0 Å². The topological polar surface area (TPSA) is 96.0 Å². The van der Waals surface area contributed by atoms with E-state index in [9.17, 15) is 18.0 Å². The predicted molar refractivity (Wildman–Crippen MR) is 170 cm³/mol. The van der Waals surface area contributed by atoms with Gasteiger partial charge in [0.1, 0.15) is 18.3 Å². The second-order valence-corrected chi connectivity index (χ2v) is 12.9. The molecule has 0 bridgehead atoms. The van der Waals surface area contributed by atoms with Gasteiger partial charge in [-0.05, 0) is 87.5 Å². The molecule has 8 nitrogen and oxygen atoms in total. The fourth-order valence-electron chi connectivity index (χ4n) is 4.21. The smallest absolute Gasteiger partial charge is 0.264 e. The van der Waals surface area contributed by atoms with Crippen LogP contribution >= 0.6 is 23.4 Å². The van der Waals surface area contributed by atoms with Crippen LogP contribution in [0.2, 0.25) is 5.02 Å². The largest absolute Gasteiger partial charge is 0.492 e. The summed E-state index contributed by atoms with van der Waals surface area (Å²) < 4.78 is 35.1. The number of carbonyl (C=O) groups is 2. The van der Waals surface area contributed by atoms with Gasteiger partial charge >= 0.3 is 0 Å². The number of nitrogens with one attached hydrogen (secondary N) is 1. The van der Waals surface area contributed by atoms with E-state index in [4.69, 9.17) is 16.3 Å². The average Bonchev–Trinajstić information content (AvgIpc) is 2.98. The average molecular weight is 632 g/mol. The zero-order valence-electron chi connectivity index (χ0n) is 24.5. The molecule has 0 saturated heterocycles. The van der Waals surface area contributed by atoms with Gasteiger partial charge < -0.3 is 15.0 Å². The molecule has 42 heavy (non-hydrogen) atoms. The Morgan fingerprint density at radius 3 is 2.31 bits per heavy atom. The van der Waals surface area contributed by atoms with Crippen molar-refractivity contribution >= 4 is 50.9 Å². The molecule has 0 saturated carbocycles. The van der Waals surface area contributed by atoms with Crippen molar-refractivity contribution in [3.63, 3.8) is 0 Å². The van der Waals surface area contributed by atoms with Crippen molar-refractivity contribution in [1.82, 2.24) is 10.2 Å². The lowest BCUT2D eigenvalue weighted by Crippen LogP contribution is -2.52. The Balaban J connectivity index is 2.08. The Morgan fingerprint density at radius 1 is 1.00 bits per heavy atom. The Bertz CT molecular complexity index is 1470. The number of anilines is 1. The molecular weight excluding hydrogens is 594 g/mol.